The van der Waals surface area contributed by atoms with Crippen LogP contribution in [0.5, 0.6) is 5.75 Å². The predicted molar refractivity (Wildman–Crippen MR) is 114 cm³/mol. The van der Waals surface area contributed by atoms with E-state index in [2.05, 4.69) is 4.98 Å². The molecule has 1 aliphatic rings. The number of anilines is 1. The van der Waals surface area contributed by atoms with Crippen LogP contribution < -0.4 is 9.64 Å². The van der Waals surface area contributed by atoms with Crippen LogP contribution in [0.1, 0.15) is 35.2 Å². The molecule has 0 unspecified atom stereocenters. The molecule has 0 bridgehead atoms. The summed E-state index contributed by atoms with van der Waals surface area (Å²) in [5, 5.41) is 1.97. The minimum atomic E-state index is -2.72. The lowest BCUT2D eigenvalue weighted by atomic mass is 10.1. The zero-order valence-corrected chi connectivity index (χ0v) is 17.3. The van der Waals surface area contributed by atoms with Crippen molar-refractivity contribution in [1.82, 2.24) is 4.98 Å². The molecule has 30 heavy (non-hydrogen) atoms. The van der Waals surface area contributed by atoms with Crippen LogP contribution in [-0.2, 0) is 0 Å². The third-order valence-corrected chi connectivity index (χ3v) is 5.53. The third-order valence-electron chi connectivity index (χ3n) is 5.34. The Kier molecular flexibility index (Phi) is 5.60. The smallest absolute Gasteiger partial charge is 0.347 e. The van der Waals surface area contributed by atoms with Gasteiger partial charge in [0.1, 0.15) is 22.3 Å². The molecule has 4 rings (SSSR count). The first-order valence-corrected chi connectivity index (χ1v) is 10.2. The molecular weight excluding hydrogens is 410 g/mol. The number of alkyl halides is 2. The van der Waals surface area contributed by atoms with E-state index in [1.54, 1.807) is 24.0 Å². The minimum absolute atomic E-state index is 0.0916. The number of aromatic nitrogens is 1. The lowest BCUT2D eigenvalue weighted by Crippen LogP contribution is -2.29. The van der Waals surface area contributed by atoms with Gasteiger partial charge in [-0.2, -0.15) is 0 Å². The van der Waals surface area contributed by atoms with E-state index in [4.69, 9.17) is 16.3 Å². The van der Waals surface area contributed by atoms with Gasteiger partial charge in [-0.3, -0.25) is 0 Å². The molecule has 2 aromatic carbocycles. The molecule has 0 aliphatic carbocycles. The third kappa shape index (κ3) is 4.24. The van der Waals surface area contributed by atoms with Gasteiger partial charge in [0.25, 0.3) is 0 Å². The summed E-state index contributed by atoms with van der Waals surface area (Å²) in [5.74, 6) is -2.57. The Morgan fingerprint density at radius 3 is 2.73 bits per heavy atom. The number of hydrogen-bond donors (Lipinski definition) is 0. The number of fused-ring (bicyclic) bond motifs is 1. The van der Waals surface area contributed by atoms with E-state index in [0.717, 1.165) is 10.8 Å². The number of benzene rings is 2. The van der Waals surface area contributed by atoms with Crippen LogP contribution in [0.2, 0.25) is 5.15 Å². The molecule has 156 valence electrons. The normalized spacial score (nSPS) is 16.3. The van der Waals surface area contributed by atoms with Crippen LogP contribution in [-0.4, -0.2) is 30.0 Å². The average molecular weight is 431 g/mol. The molecule has 1 saturated heterocycles. The summed E-state index contributed by atoms with van der Waals surface area (Å²) in [4.78, 5) is 19.2. The van der Waals surface area contributed by atoms with Crippen molar-refractivity contribution in [3.8, 4) is 5.75 Å². The number of nitrogens with zero attached hydrogens (tertiary/aromatic N) is 2. The molecule has 0 amide bonds. The fourth-order valence-electron chi connectivity index (χ4n) is 3.81. The number of aryl methyl sites for hydroxylation is 1. The molecule has 0 radical (unpaired) electrons. The molecule has 7 heteroatoms. The van der Waals surface area contributed by atoms with Crippen LogP contribution in [0.15, 0.2) is 48.5 Å². The van der Waals surface area contributed by atoms with Crippen molar-refractivity contribution in [3.63, 3.8) is 0 Å². The maximum Gasteiger partial charge on any atom is 0.347 e. The first kappa shape index (κ1) is 20.5. The van der Waals surface area contributed by atoms with Gasteiger partial charge in [0, 0.05) is 31.3 Å². The summed E-state index contributed by atoms with van der Waals surface area (Å²) in [5.41, 5.74) is 0.837. The lowest BCUT2D eigenvalue weighted by molar-refractivity contribution is -0.0102. The fraction of sp³-hybridized carbons (Fsp3) is 0.304. The van der Waals surface area contributed by atoms with Crippen LogP contribution in [0, 0.1) is 6.92 Å². The fourth-order valence-corrected chi connectivity index (χ4v) is 4.05. The molecule has 3 aromatic rings. The topological polar surface area (TPSA) is 42.4 Å². The van der Waals surface area contributed by atoms with Gasteiger partial charge in [-0.15, -0.1) is 0 Å². The van der Waals surface area contributed by atoms with Crippen LogP contribution in [0.4, 0.5) is 14.6 Å². The maximum absolute atomic E-state index is 13.8. The van der Waals surface area contributed by atoms with E-state index in [1.807, 2.05) is 36.4 Å². The van der Waals surface area contributed by atoms with Crippen molar-refractivity contribution in [1.29, 1.82) is 0 Å². The number of pyridine rings is 1. The summed E-state index contributed by atoms with van der Waals surface area (Å²) in [6.45, 7) is 2.20. The standard InChI is InChI=1S/C23H21ClF2N2O2/c1-15-14-19(24)27-21(28-12-5-10-23(25,26)11-13-28)20(15)22(29)30-18-9-4-7-16-6-2-3-8-17(16)18/h2-4,6-9,14H,5,10-13H2,1H3. The Hall–Kier alpha value is -2.73. The van der Waals surface area contributed by atoms with E-state index in [9.17, 15) is 13.6 Å². The van der Waals surface area contributed by atoms with Gasteiger partial charge < -0.3 is 9.64 Å². The molecule has 0 N–H and O–H groups in total. The highest BCUT2D eigenvalue weighted by Crippen LogP contribution is 2.33. The maximum atomic E-state index is 13.8. The quantitative estimate of drug-likeness (QED) is 0.288. The van der Waals surface area contributed by atoms with Gasteiger partial charge in [0.05, 0.1) is 0 Å². The van der Waals surface area contributed by atoms with E-state index < -0.39 is 11.9 Å². The van der Waals surface area contributed by atoms with Crippen molar-refractivity contribution >= 4 is 34.2 Å². The highest BCUT2D eigenvalue weighted by atomic mass is 35.5. The molecule has 1 aromatic heterocycles. The SMILES string of the molecule is Cc1cc(Cl)nc(N2CCCC(F)(F)CC2)c1C(=O)Oc1cccc2ccccc12. The molecular formula is C23H21ClF2N2O2. The first-order valence-electron chi connectivity index (χ1n) is 9.84. The molecule has 0 spiro atoms. The largest absolute Gasteiger partial charge is 0.422 e. The van der Waals surface area contributed by atoms with E-state index in [0.29, 0.717) is 30.1 Å². The van der Waals surface area contributed by atoms with E-state index in [1.165, 1.54) is 0 Å². The van der Waals surface area contributed by atoms with Crippen molar-refractivity contribution in [2.45, 2.75) is 32.1 Å². The molecule has 0 atom stereocenters. The minimum Gasteiger partial charge on any atom is -0.422 e. The van der Waals surface area contributed by atoms with E-state index >= 15 is 0 Å². The van der Waals surface area contributed by atoms with Crippen LogP contribution in [0.25, 0.3) is 10.8 Å². The Morgan fingerprint density at radius 2 is 1.90 bits per heavy atom. The number of carbonyl (C=O) groups excluding carboxylic acids is 1. The Bertz CT molecular complexity index is 1100. The predicted octanol–water partition coefficient (Wildman–Crippen LogP) is 6.04. The highest BCUT2D eigenvalue weighted by molar-refractivity contribution is 6.29. The second kappa shape index (κ2) is 8.19. The summed E-state index contributed by atoms with van der Waals surface area (Å²) >= 11 is 6.14. The van der Waals surface area contributed by atoms with Gasteiger partial charge >= 0.3 is 5.97 Å². The number of carbonyl (C=O) groups is 1. The summed E-state index contributed by atoms with van der Waals surface area (Å²) in [6, 6.07) is 14.7. The summed E-state index contributed by atoms with van der Waals surface area (Å²) < 4.78 is 33.4. The van der Waals surface area contributed by atoms with Gasteiger partial charge in [-0.1, -0.05) is 48.0 Å². The van der Waals surface area contributed by atoms with Crippen LogP contribution in [0.3, 0.4) is 0 Å². The lowest BCUT2D eigenvalue weighted by Gasteiger charge is -2.25. The number of rotatable bonds is 3. The monoisotopic (exact) mass is 430 g/mol. The number of halogens is 3. The van der Waals surface area contributed by atoms with Crippen molar-refractivity contribution in [3.05, 3.63) is 64.8 Å². The number of hydrogen-bond acceptors (Lipinski definition) is 4. The second-order valence-corrected chi connectivity index (χ2v) is 7.91. The Labute approximate surface area is 178 Å². The van der Waals surface area contributed by atoms with Gasteiger partial charge in [-0.25, -0.2) is 18.6 Å². The molecule has 1 aliphatic heterocycles. The van der Waals surface area contributed by atoms with Crippen molar-refractivity contribution in [2.24, 2.45) is 0 Å². The van der Waals surface area contributed by atoms with Gasteiger partial charge in [-0.05, 0) is 36.4 Å². The highest BCUT2D eigenvalue weighted by Gasteiger charge is 2.33. The average Bonchev–Trinajstić information content (AvgIpc) is 2.88. The molecule has 0 saturated carbocycles. The van der Waals surface area contributed by atoms with Crippen LogP contribution >= 0.6 is 11.6 Å². The Balaban J connectivity index is 1.70. The Morgan fingerprint density at radius 1 is 1.13 bits per heavy atom. The number of ether oxygens (including phenoxy) is 1. The van der Waals surface area contributed by atoms with Crippen molar-refractivity contribution < 1.29 is 18.3 Å². The second-order valence-electron chi connectivity index (χ2n) is 7.52. The van der Waals surface area contributed by atoms with Gasteiger partial charge in [0.2, 0.25) is 5.92 Å². The summed E-state index contributed by atoms with van der Waals surface area (Å²) in [7, 11) is 0. The zero-order chi connectivity index (χ0) is 21.3. The van der Waals surface area contributed by atoms with Gasteiger partial charge in [0.15, 0.2) is 0 Å². The first-order chi connectivity index (χ1) is 14.3. The zero-order valence-electron chi connectivity index (χ0n) is 16.5. The number of esters is 1. The van der Waals surface area contributed by atoms with E-state index in [-0.39, 0.29) is 30.1 Å². The summed E-state index contributed by atoms with van der Waals surface area (Å²) in [6.07, 6.45) is -0.172. The van der Waals surface area contributed by atoms with Crippen molar-refractivity contribution in [2.75, 3.05) is 18.0 Å². The molecule has 2 heterocycles. The molecule has 1 fully saturated rings. The molecule has 4 nitrogen and oxygen atoms in total.